The fraction of sp³-hybridized carbons (Fsp3) is 0.360. The van der Waals surface area contributed by atoms with Gasteiger partial charge in [-0.25, -0.2) is 4.98 Å². The maximum atomic E-state index is 13.3. The highest BCUT2D eigenvalue weighted by atomic mass is 32.1. The van der Waals surface area contributed by atoms with Gasteiger partial charge in [0.25, 0.3) is 5.91 Å². The monoisotopic (exact) mass is 464 g/mol. The SMILES string of the molecule is CC(C)C(=O)N1CCC(c2nc(-c3ccncc3)cs2)N(C(=O)COc2ccccc2)CC1. The highest BCUT2D eigenvalue weighted by molar-refractivity contribution is 7.10. The van der Waals surface area contributed by atoms with Gasteiger partial charge in [0.2, 0.25) is 5.91 Å². The van der Waals surface area contributed by atoms with Crippen LogP contribution >= 0.6 is 11.3 Å². The van der Waals surface area contributed by atoms with E-state index in [1.165, 1.54) is 0 Å². The third-order valence-corrected chi connectivity index (χ3v) is 6.62. The van der Waals surface area contributed by atoms with Crippen molar-refractivity contribution in [2.75, 3.05) is 26.2 Å². The van der Waals surface area contributed by atoms with Crippen molar-refractivity contribution in [3.05, 3.63) is 65.2 Å². The van der Waals surface area contributed by atoms with E-state index in [2.05, 4.69) is 4.98 Å². The molecule has 0 radical (unpaired) electrons. The van der Waals surface area contributed by atoms with Gasteiger partial charge in [0.1, 0.15) is 10.8 Å². The molecule has 4 rings (SSSR count). The summed E-state index contributed by atoms with van der Waals surface area (Å²) in [5.74, 6) is 0.580. The number of hydrogen-bond donors (Lipinski definition) is 0. The van der Waals surface area contributed by atoms with E-state index in [0.29, 0.717) is 31.8 Å². The van der Waals surface area contributed by atoms with E-state index < -0.39 is 0 Å². The predicted octanol–water partition coefficient (Wildman–Crippen LogP) is 4.04. The summed E-state index contributed by atoms with van der Waals surface area (Å²) in [7, 11) is 0. The summed E-state index contributed by atoms with van der Waals surface area (Å²) in [4.78, 5) is 38.5. The van der Waals surface area contributed by atoms with Gasteiger partial charge >= 0.3 is 0 Å². The summed E-state index contributed by atoms with van der Waals surface area (Å²) in [5, 5.41) is 2.88. The maximum Gasteiger partial charge on any atom is 0.261 e. The van der Waals surface area contributed by atoms with E-state index in [0.717, 1.165) is 16.3 Å². The molecule has 0 N–H and O–H groups in total. The quantitative estimate of drug-likeness (QED) is 0.550. The molecular formula is C25H28N4O3S. The van der Waals surface area contributed by atoms with E-state index in [1.807, 2.05) is 71.5 Å². The fourth-order valence-corrected chi connectivity index (χ4v) is 4.89. The molecule has 172 valence electrons. The molecule has 7 nitrogen and oxygen atoms in total. The van der Waals surface area contributed by atoms with Crippen molar-refractivity contribution in [2.45, 2.75) is 26.3 Å². The van der Waals surface area contributed by atoms with E-state index in [1.54, 1.807) is 23.7 Å². The molecule has 8 heteroatoms. The van der Waals surface area contributed by atoms with Crippen molar-refractivity contribution < 1.29 is 14.3 Å². The second-order valence-electron chi connectivity index (χ2n) is 8.28. The summed E-state index contributed by atoms with van der Waals surface area (Å²) in [6.45, 7) is 5.31. The Morgan fingerprint density at radius 2 is 1.85 bits per heavy atom. The molecule has 0 aliphatic carbocycles. The molecule has 1 aliphatic rings. The average molecular weight is 465 g/mol. The van der Waals surface area contributed by atoms with E-state index in [9.17, 15) is 9.59 Å². The van der Waals surface area contributed by atoms with Crippen molar-refractivity contribution in [3.63, 3.8) is 0 Å². The highest BCUT2D eigenvalue weighted by Gasteiger charge is 2.33. The van der Waals surface area contributed by atoms with Gasteiger partial charge in [-0.15, -0.1) is 11.3 Å². The Bertz CT molecular complexity index is 1070. The number of nitrogens with zero attached hydrogens (tertiary/aromatic N) is 4. The molecule has 3 heterocycles. The van der Waals surface area contributed by atoms with Crippen LogP contribution < -0.4 is 4.74 Å². The normalized spacial score (nSPS) is 16.5. The molecule has 33 heavy (non-hydrogen) atoms. The van der Waals surface area contributed by atoms with Crippen LogP contribution in [-0.2, 0) is 9.59 Å². The second kappa shape index (κ2) is 10.6. The van der Waals surface area contributed by atoms with Crippen LogP contribution in [0.15, 0.2) is 60.2 Å². The molecule has 1 aliphatic heterocycles. The van der Waals surface area contributed by atoms with Crippen LogP contribution in [0.1, 0.15) is 31.3 Å². The van der Waals surface area contributed by atoms with Crippen LogP contribution in [0, 0.1) is 5.92 Å². The lowest BCUT2D eigenvalue weighted by atomic mass is 10.1. The van der Waals surface area contributed by atoms with Crippen LogP contribution in [0.3, 0.4) is 0 Å². The van der Waals surface area contributed by atoms with Crippen molar-refractivity contribution in [3.8, 4) is 17.0 Å². The van der Waals surface area contributed by atoms with Gasteiger partial charge in [-0.1, -0.05) is 32.0 Å². The minimum absolute atomic E-state index is 0.0543. The Morgan fingerprint density at radius 3 is 2.58 bits per heavy atom. The van der Waals surface area contributed by atoms with Gasteiger partial charge < -0.3 is 14.5 Å². The second-order valence-corrected chi connectivity index (χ2v) is 9.17. The lowest BCUT2D eigenvalue weighted by molar-refractivity contribution is -0.137. The number of thiazole rings is 1. The summed E-state index contributed by atoms with van der Waals surface area (Å²) in [6, 6.07) is 13.0. The van der Waals surface area contributed by atoms with Crippen molar-refractivity contribution in [2.24, 2.45) is 5.92 Å². The number of hydrogen-bond acceptors (Lipinski definition) is 6. The number of carbonyl (C=O) groups excluding carboxylic acids is 2. The third kappa shape index (κ3) is 5.57. The first-order valence-corrected chi connectivity index (χ1v) is 12.0. The minimum Gasteiger partial charge on any atom is -0.484 e. The molecule has 1 atom stereocenters. The highest BCUT2D eigenvalue weighted by Crippen LogP contribution is 2.32. The molecule has 0 saturated carbocycles. The smallest absolute Gasteiger partial charge is 0.261 e. The van der Waals surface area contributed by atoms with Gasteiger partial charge in [-0.2, -0.15) is 0 Å². The molecule has 0 bridgehead atoms. The zero-order chi connectivity index (χ0) is 23.2. The molecular weight excluding hydrogens is 436 g/mol. The average Bonchev–Trinajstić information content (AvgIpc) is 3.23. The first-order valence-electron chi connectivity index (χ1n) is 11.1. The summed E-state index contributed by atoms with van der Waals surface area (Å²) < 4.78 is 5.74. The van der Waals surface area contributed by atoms with Crippen molar-refractivity contribution in [1.29, 1.82) is 0 Å². The molecule has 1 aromatic carbocycles. The van der Waals surface area contributed by atoms with Gasteiger partial charge in [0, 0.05) is 48.9 Å². The number of carbonyl (C=O) groups is 2. The maximum absolute atomic E-state index is 13.3. The number of ether oxygens (including phenoxy) is 1. The fourth-order valence-electron chi connectivity index (χ4n) is 3.91. The van der Waals surface area contributed by atoms with Gasteiger partial charge in [0.15, 0.2) is 6.61 Å². The summed E-state index contributed by atoms with van der Waals surface area (Å²) in [6.07, 6.45) is 4.12. The topological polar surface area (TPSA) is 75.6 Å². The number of benzene rings is 1. The Labute approximate surface area is 198 Å². The zero-order valence-corrected chi connectivity index (χ0v) is 19.7. The number of rotatable bonds is 6. The van der Waals surface area contributed by atoms with E-state index in [-0.39, 0.29) is 30.4 Å². The molecule has 2 aromatic heterocycles. The van der Waals surface area contributed by atoms with Gasteiger partial charge in [0.05, 0.1) is 11.7 Å². The molecule has 2 amide bonds. The largest absolute Gasteiger partial charge is 0.484 e. The van der Waals surface area contributed by atoms with Crippen molar-refractivity contribution >= 4 is 23.2 Å². The van der Waals surface area contributed by atoms with Crippen LogP contribution in [-0.4, -0.2) is 57.8 Å². The number of amides is 2. The summed E-state index contributed by atoms with van der Waals surface area (Å²) >= 11 is 1.54. The lowest BCUT2D eigenvalue weighted by Gasteiger charge is -2.28. The summed E-state index contributed by atoms with van der Waals surface area (Å²) in [5.41, 5.74) is 1.85. The number of para-hydroxylation sites is 1. The van der Waals surface area contributed by atoms with Crippen LogP contribution in [0.4, 0.5) is 0 Å². The van der Waals surface area contributed by atoms with Gasteiger partial charge in [-0.05, 0) is 30.7 Å². The Hall–Kier alpha value is -3.26. The predicted molar refractivity (Wildman–Crippen MR) is 128 cm³/mol. The minimum atomic E-state index is -0.206. The first kappa shape index (κ1) is 22.9. The molecule has 0 spiro atoms. The van der Waals surface area contributed by atoms with E-state index in [4.69, 9.17) is 9.72 Å². The van der Waals surface area contributed by atoms with Gasteiger partial charge in [-0.3, -0.25) is 14.6 Å². The van der Waals surface area contributed by atoms with Crippen LogP contribution in [0.2, 0.25) is 0 Å². The van der Waals surface area contributed by atoms with Crippen LogP contribution in [0.5, 0.6) is 5.75 Å². The molecule has 1 saturated heterocycles. The number of aromatic nitrogens is 2. The molecule has 1 fully saturated rings. The van der Waals surface area contributed by atoms with Crippen LogP contribution in [0.25, 0.3) is 11.3 Å². The van der Waals surface area contributed by atoms with Crippen molar-refractivity contribution in [1.82, 2.24) is 19.8 Å². The standard InChI is InChI=1S/C25H28N4O3S/c1-18(2)25(31)28-13-10-22(24-27-21(17-33-24)19-8-11-26-12-9-19)29(15-14-28)23(30)16-32-20-6-4-3-5-7-20/h3-9,11-12,17-18,22H,10,13-16H2,1-2H3. The number of pyridine rings is 1. The Balaban J connectivity index is 1.56. The first-order chi connectivity index (χ1) is 16.0. The lowest BCUT2D eigenvalue weighted by Crippen LogP contribution is -2.41. The Kier molecular flexibility index (Phi) is 7.34. The third-order valence-electron chi connectivity index (χ3n) is 5.67. The zero-order valence-electron chi connectivity index (χ0n) is 18.9. The molecule has 3 aromatic rings. The molecule has 1 unspecified atom stereocenters. The van der Waals surface area contributed by atoms with E-state index >= 15 is 0 Å². The Morgan fingerprint density at radius 1 is 1.09 bits per heavy atom.